The van der Waals surface area contributed by atoms with Crippen molar-refractivity contribution in [3.63, 3.8) is 0 Å². The Morgan fingerprint density at radius 1 is 0.905 bits per heavy atom. The zero-order chi connectivity index (χ0) is 29.5. The summed E-state index contributed by atoms with van der Waals surface area (Å²) < 4.78 is 40.5. The summed E-state index contributed by atoms with van der Waals surface area (Å²) in [5, 5.41) is 3.13. The first-order valence-electron chi connectivity index (χ1n) is 14.5. The molecule has 1 saturated carbocycles. The van der Waals surface area contributed by atoms with Gasteiger partial charge in [0.1, 0.15) is 25.8 Å². The minimum atomic E-state index is -4.16. The van der Waals surface area contributed by atoms with Crippen LogP contribution in [0.15, 0.2) is 83.8 Å². The molecule has 2 aliphatic rings. The van der Waals surface area contributed by atoms with Gasteiger partial charge in [-0.25, -0.2) is 8.42 Å². The first kappa shape index (κ1) is 29.4. The number of carbonyl (C=O) groups excluding carboxylic acids is 2. The van der Waals surface area contributed by atoms with Gasteiger partial charge in [0, 0.05) is 18.7 Å². The third-order valence-corrected chi connectivity index (χ3v) is 9.50. The molecule has 0 bridgehead atoms. The quantitative estimate of drug-likeness (QED) is 0.352. The number of amides is 2. The number of fused-ring (bicyclic) bond motifs is 1. The van der Waals surface area contributed by atoms with Crippen molar-refractivity contribution >= 4 is 27.5 Å². The maximum Gasteiger partial charge on any atom is 0.264 e. The molecule has 10 heteroatoms. The summed E-state index contributed by atoms with van der Waals surface area (Å²) in [5.41, 5.74) is 1.11. The normalized spacial score (nSPS) is 15.5. The highest BCUT2D eigenvalue weighted by atomic mass is 32.2. The third-order valence-electron chi connectivity index (χ3n) is 7.71. The van der Waals surface area contributed by atoms with Crippen LogP contribution in [0, 0.1) is 0 Å². The summed E-state index contributed by atoms with van der Waals surface area (Å²) in [5.74, 6) is 0.212. The van der Waals surface area contributed by atoms with Gasteiger partial charge in [-0.1, -0.05) is 68.3 Å². The van der Waals surface area contributed by atoms with E-state index in [4.69, 9.17) is 9.47 Å². The monoisotopic (exact) mass is 591 g/mol. The van der Waals surface area contributed by atoms with Crippen molar-refractivity contribution in [1.29, 1.82) is 0 Å². The zero-order valence-corrected chi connectivity index (χ0v) is 24.6. The van der Waals surface area contributed by atoms with E-state index in [2.05, 4.69) is 5.32 Å². The molecule has 0 radical (unpaired) electrons. The Kier molecular flexibility index (Phi) is 9.31. The van der Waals surface area contributed by atoms with Crippen molar-refractivity contribution in [3.05, 3.63) is 84.4 Å². The lowest BCUT2D eigenvalue weighted by molar-refractivity contribution is -0.140. The van der Waals surface area contributed by atoms with E-state index in [0.717, 1.165) is 35.6 Å². The lowest BCUT2D eigenvalue weighted by atomic mass is 10.1. The van der Waals surface area contributed by atoms with Gasteiger partial charge in [0.2, 0.25) is 11.8 Å². The first-order chi connectivity index (χ1) is 20.4. The van der Waals surface area contributed by atoms with Crippen molar-refractivity contribution < 1.29 is 27.5 Å². The van der Waals surface area contributed by atoms with Gasteiger partial charge in [0.15, 0.2) is 11.5 Å². The Morgan fingerprint density at radius 3 is 2.21 bits per heavy atom. The molecule has 3 aromatic rings. The fourth-order valence-corrected chi connectivity index (χ4v) is 6.93. The molecule has 222 valence electrons. The highest BCUT2D eigenvalue weighted by Gasteiger charge is 2.35. The van der Waals surface area contributed by atoms with Crippen LogP contribution in [0.5, 0.6) is 11.5 Å². The molecule has 9 nitrogen and oxygen atoms in total. The van der Waals surface area contributed by atoms with Crippen molar-refractivity contribution in [3.8, 4) is 11.5 Å². The number of rotatable bonds is 11. The Morgan fingerprint density at radius 2 is 1.55 bits per heavy atom. The Bertz CT molecular complexity index is 1480. The van der Waals surface area contributed by atoms with Gasteiger partial charge in [-0.15, -0.1) is 0 Å². The summed E-state index contributed by atoms with van der Waals surface area (Å²) >= 11 is 0. The number of ether oxygens (including phenoxy) is 2. The van der Waals surface area contributed by atoms with Crippen molar-refractivity contribution in [1.82, 2.24) is 10.2 Å². The molecule has 1 aliphatic heterocycles. The minimum Gasteiger partial charge on any atom is -0.486 e. The van der Waals surface area contributed by atoms with E-state index in [-0.39, 0.29) is 29.1 Å². The number of benzene rings is 3. The summed E-state index contributed by atoms with van der Waals surface area (Å²) in [6.45, 7) is 2.25. The molecule has 0 saturated heterocycles. The van der Waals surface area contributed by atoms with Crippen molar-refractivity contribution in [2.24, 2.45) is 0 Å². The van der Waals surface area contributed by atoms with Gasteiger partial charge < -0.3 is 19.7 Å². The molecule has 3 aromatic carbocycles. The molecule has 1 N–H and O–H groups in total. The highest BCUT2D eigenvalue weighted by Crippen LogP contribution is 2.36. The molecule has 5 rings (SSSR count). The Hall–Kier alpha value is -4.05. The van der Waals surface area contributed by atoms with E-state index in [0.29, 0.717) is 31.1 Å². The van der Waals surface area contributed by atoms with Crippen LogP contribution >= 0.6 is 0 Å². The number of nitrogens with zero attached hydrogens (tertiary/aromatic N) is 2. The molecule has 42 heavy (non-hydrogen) atoms. The second kappa shape index (κ2) is 13.3. The first-order valence-corrected chi connectivity index (χ1v) is 15.9. The van der Waals surface area contributed by atoms with Crippen molar-refractivity contribution in [2.75, 3.05) is 24.1 Å². The van der Waals surface area contributed by atoms with Gasteiger partial charge in [-0.3, -0.25) is 13.9 Å². The highest BCUT2D eigenvalue weighted by molar-refractivity contribution is 7.92. The second-order valence-corrected chi connectivity index (χ2v) is 12.4. The molecule has 1 atom stereocenters. The summed E-state index contributed by atoms with van der Waals surface area (Å²) in [6, 6.07) is 21.6. The van der Waals surface area contributed by atoms with Crippen molar-refractivity contribution in [2.45, 2.75) is 62.6 Å². The minimum absolute atomic E-state index is 0.0494. The van der Waals surface area contributed by atoms with E-state index in [9.17, 15) is 18.0 Å². The predicted molar refractivity (Wildman–Crippen MR) is 160 cm³/mol. The average Bonchev–Trinajstić information content (AvgIpc) is 3.53. The molecule has 0 aromatic heterocycles. The molecule has 1 aliphatic carbocycles. The number of anilines is 1. The van der Waals surface area contributed by atoms with Gasteiger partial charge in [0.25, 0.3) is 10.0 Å². The van der Waals surface area contributed by atoms with E-state index in [1.54, 1.807) is 36.4 Å². The van der Waals surface area contributed by atoms with Crippen LogP contribution in [0.2, 0.25) is 0 Å². The van der Waals surface area contributed by atoms with Gasteiger partial charge in [-0.2, -0.15) is 0 Å². The lowest BCUT2D eigenvalue weighted by Gasteiger charge is -2.34. The Labute approximate surface area is 247 Å². The fraction of sp³-hybridized carbons (Fsp3) is 0.375. The van der Waals surface area contributed by atoms with Crippen LogP contribution < -0.4 is 19.1 Å². The molecular weight excluding hydrogens is 554 g/mol. The lowest BCUT2D eigenvalue weighted by Crippen LogP contribution is -2.53. The fourth-order valence-electron chi connectivity index (χ4n) is 5.50. The maximum absolute atomic E-state index is 14.2. The van der Waals surface area contributed by atoms with E-state index in [1.165, 1.54) is 17.0 Å². The molecule has 0 unspecified atom stereocenters. The van der Waals surface area contributed by atoms with Crippen LogP contribution in [-0.4, -0.2) is 57.0 Å². The predicted octanol–water partition coefficient (Wildman–Crippen LogP) is 4.52. The van der Waals surface area contributed by atoms with Crippen LogP contribution in [0.4, 0.5) is 5.69 Å². The van der Waals surface area contributed by atoms with E-state index >= 15 is 0 Å². The Balaban J connectivity index is 1.50. The van der Waals surface area contributed by atoms with Crippen LogP contribution in [0.1, 0.15) is 44.6 Å². The number of hydrogen-bond acceptors (Lipinski definition) is 6. The summed E-state index contributed by atoms with van der Waals surface area (Å²) in [7, 11) is -4.16. The van der Waals surface area contributed by atoms with Gasteiger partial charge in [-0.05, 0) is 49.1 Å². The molecule has 2 amide bonds. The summed E-state index contributed by atoms with van der Waals surface area (Å²) in [4.78, 5) is 29.3. The van der Waals surface area contributed by atoms with Crippen LogP contribution in [-0.2, 0) is 26.2 Å². The molecule has 1 fully saturated rings. The van der Waals surface area contributed by atoms with Crippen LogP contribution in [0.25, 0.3) is 0 Å². The third kappa shape index (κ3) is 6.70. The number of sulfonamides is 1. The van der Waals surface area contributed by atoms with Gasteiger partial charge >= 0.3 is 0 Å². The number of hydrogen-bond donors (Lipinski definition) is 1. The second-order valence-electron chi connectivity index (χ2n) is 10.6. The topological polar surface area (TPSA) is 105 Å². The maximum atomic E-state index is 14.2. The standard InChI is InChI=1S/C32H37N3O6S/c1-2-28(32(37)33-25-13-9-10-14-25)34(22-24-11-5-3-6-12-24)31(36)23-35(42(38,39)27-15-7-4-8-16-27)26-17-18-29-30(21-26)41-20-19-40-29/h3-8,11-12,15-18,21,25,28H,2,9-10,13-14,19-20,22-23H2,1H3,(H,33,37)/t28-/m0/s1. The summed E-state index contributed by atoms with van der Waals surface area (Å²) in [6.07, 6.45) is 4.35. The molecule has 1 heterocycles. The number of nitrogens with one attached hydrogen (secondary N) is 1. The average molecular weight is 592 g/mol. The van der Waals surface area contributed by atoms with Gasteiger partial charge in [0.05, 0.1) is 10.6 Å². The molecule has 0 spiro atoms. The number of carbonyl (C=O) groups is 2. The zero-order valence-electron chi connectivity index (χ0n) is 23.8. The smallest absolute Gasteiger partial charge is 0.264 e. The largest absolute Gasteiger partial charge is 0.486 e. The van der Waals surface area contributed by atoms with E-state index < -0.39 is 28.5 Å². The van der Waals surface area contributed by atoms with Crippen LogP contribution in [0.3, 0.4) is 0 Å². The van der Waals surface area contributed by atoms with E-state index in [1.807, 2.05) is 37.3 Å². The SMILES string of the molecule is CC[C@@H](C(=O)NC1CCCC1)N(Cc1ccccc1)C(=O)CN(c1ccc2c(c1)OCCO2)S(=O)(=O)c1ccccc1. The molecular formula is C32H37N3O6S.